The largest absolute Gasteiger partial charge is 0.452 e. The van der Waals surface area contributed by atoms with Crippen LogP contribution in [0.25, 0.3) is 0 Å². The molecule has 0 aliphatic heterocycles. The first-order valence-corrected chi connectivity index (χ1v) is 8.51. The first-order chi connectivity index (χ1) is 16.1. The number of aliphatic hydroxyl groups excluding tert-OH is 1. The Labute approximate surface area is 193 Å². The van der Waals surface area contributed by atoms with Crippen LogP contribution in [0.4, 0.5) is 0 Å². The average Bonchev–Trinajstić information content (AvgIpc) is 2.81. The molecule has 33 heavy (non-hydrogen) atoms. The topological polar surface area (TPSA) is 72.8 Å². The van der Waals surface area contributed by atoms with E-state index in [1.54, 1.807) is 6.92 Å². The molecular formula is C28H10O5. The predicted molar refractivity (Wildman–Crippen MR) is 120 cm³/mol. The number of esters is 2. The fourth-order valence-electron chi connectivity index (χ4n) is 1.18. The summed E-state index contributed by atoms with van der Waals surface area (Å²) in [5.41, 5.74) is 0. The maximum absolute atomic E-state index is 11.6. The Morgan fingerprint density at radius 3 is 1.58 bits per heavy atom. The summed E-state index contributed by atoms with van der Waals surface area (Å²) in [6.45, 7) is 0.606. The van der Waals surface area contributed by atoms with Crippen molar-refractivity contribution in [3.05, 3.63) is 0 Å². The third-order valence-corrected chi connectivity index (χ3v) is 2.34. The molecule has 0 unspecified atom stereocenters. The van der Waals surface area contributed by atoms with Gasteiger partial charge in [0.05, 0.1) is 6.61 Å². The van der Waals surface area contributed by atoms with E-state index in [1.807, 2.05) is 0 Å². The van der Waals surface area contributed by atoms with Gasteiger partial charge in [-0.15, -0.1) is 6.42 Å². The first-order valence-electron chi connectivity index (χ1n) is 8.51. The van der Waals surface area contributed by atoms with E-state index in [1.165, 1.54) is 0 Å². The number of aliphatic hydroxyl groups is 1. The molecule has 5 nitrogen and oxygen atoms in total. The lowest BCUT2D eigenvalue weighted by atomic mass is 10.4. The van der Waals surface area contributed by atoms with Crippen molar-refractivity contribution < 1.29 is 24.2 Å². The molecule has 0 rings (SSSR count). The van der Waals surface area contributed by atoms with Crippen LogP contribution < -0.4 is 0 Å². The second-order valence-corrected chi connectivity index (χ2v) is 4.58. The molecule has 0 saturated heterocycles. The normalized spacial score (nSPS) is 6.82. The van der Waals surface area contributed by atoms with Gasteiger partial charge in [0.15, 0.2) is 6.10 Å². The summed E-state index contributed by atoms with van der Waals surface area (Å²) in [7, 11) is 0. The molecule has 1 N–H and O–H groups in total. The van der Waals surface area contributed by atoms with Crippen molar-refractivity contribution in [1.29, 1.82) is 0 Å². The van der Waals surface area contributed by atoms with E-state index in [2.05, 4.69) is 124 Å². The molecule has 0 aromatic heterocycles. The lowest BCUT2D eigenvalue weighted by molar-refractivity contribution is -0.153. The number of hydrogen-bond donors (Lipinski definition) is 1. The van der Waals surface area contributed by atoms with Crippen molar-refractivity contribution in [2.75, 3.05) is 13.2 Å². The zero-order chi connectivity index (χ0) is 24.4. The molecule has 1 atom stereocenters. The van der Waals surface area contributed by atoms with Crippen LogP contribution in [0.1, 0.15) is 6.92 Å². The molecule has 0 heterocycles. The van der Waals surface area contributed by atoms with E-state index in [4.69, 9.17) is 15.9 Å². The molecule has 0 spiro atoms. The van der Waals surface area contributed by atoms with Gasteiger partial charge in [-0.1, -0.05) is 5.92 Å². The number of ether oxygens (including phenoxy) is 2. The van der Waals surface area contributed by atoms with Crippen LogP contribution >= 0.6 is 0 Å². The van der Waals surface area contributed by atoms with E-state index in [0.717, 1.165) is 0 Å². The summed E-state index contributed by atoms with van der Waals surface area (Å²) in [6, 6.07) is 0. The Kier molecular flexibility index (Phi) is 17.0. The molecule has 0 aromatic carbocycles. The van der Waals surface area contributed by atoms with Crippen LogP contribution in [0.2, 0.25) is 0 Å². The third-order valence-electron chi connectivity index (χ3n) is 2.34. The Morgan fingerprint density at radius 1 is 0.697 bits per heavy atom. The molecular weight excluding hydrogens is 416 g/mol. The fraction of sp³-hybridized carbons (Fsp3) is 0.143. The van der Waals surface area contributed by atoms with Gasteiger partial charge in [0.1, 0.15) is 6.61 Å². The molecule has 0 fully saturated rings. The Bertz CT molecular complexity index is 1430. The van der Waals surface area contributed by atoms with Crippen molar-refractivity contribution in [2.24, 2.45) is 0 Å². The average molecular weight is 426 g/mol. The lowest BCUT2D eigenvalue weighted by Gasteiger charge is -2.12. The van der Waals surface area contributed by atoms with Gasteiger partial charge < -0.3 is 14.6 Å². The number of hydrogen-bond acceptors (Lipinski definition) is 5. The first kappa shape index (κ1) is 27.1. The Morgan fingerprint density at radius 2 is 1.12 bits per heavy atom. The van der Waals surface area contributed by atoms with Gasteiger partial charge in [0, 0.05) is 11.8 Å². The summed E-state index contributed by atoms with van der Waals surface area (Å²) in [5, 5.41) is 9.20. The summed E-state index contributed by atoms with van der Waals surface area (Å²) >= 11 is 0. The second kappa shape index (κ2) is 20.8. The summed E-state index contributed by atoms with van der Waals surface area (Å²) in [6.07, 6.45) is 3.77. The van der Waals surface area contributed by atoms with Crippen molar-refractivity contribution >= 4 is 11.9 Å². The van der Waals surface area contributed by atoms with Gasteiger partial charge >= 0.3 is 11.9 Å². The van der Waals surface area contributed by atoms with E-state index < -0.39 is 31.3 Å². The van der Waals surface area contributed by atoms with Crippen LogP contribution in [0.15, 0.2) is 0 Å². The highest BCUT2D eigenvalue weighted by molar-refractivity contribution is 5.90. The molecule has 0 radical (unpaired) electrons. The molecule has 0 aliphatic rings. The SMILES string of the molecule is C#CC#CC#CC#CC#CC#CC(=O)O[C@H](CO)COC(=O)C#CC#CC#CC#CC#CC. The van der Waals surface area contributed by atoms with Gasteiger partial charge in [0.25, 0.3) is 0 Å². The molecule has 0 aliphatic carbocycles. The maximum Gasteiger partial charge on any atom is 0.385 e. The quantitative estimate of drug-likeness (QED) is 0.359. The summed E-state index contributed by atoms with van der Waals surface area (Å²) in [5.74, 6) is 47.0. The number of carbonyl (C=O) groups is 2. The van der Waals surface area contributed by atoms with Crippen molar-refractivity contribution in [2.45, 2.75) is 13.0 Å². The molecule has 5 heteroatoms. The summed E-state index contributed by atoms with van der Waals surface area (Å²) < 4.78 is 9.57. The molecule has 152 valence electrons. The van der Waals surface area contributed by atoms with Crippen LogP contribution in [-0.2, 0) is 19.1 Å². The van der Waals surface area contributed by atoms with Gasteiger partial charge in [-0.25, -0.2) is 9.59 Å². The smallest absolute Gasteiger partial charge is 0.385 e. The molecule has 0 saturated carbocycles. The van der Waals surface area contributed by atoms with E-state index in [0.29, 0.717) is 0 Å². The highest BCUT2D eigenvalue weighted by Gasteiger charge is 2.14. The fourth-order valence-corrected chi connectivity index (χ4v) is 1.18. The van der Waals surface area contributed by atoms with Crippen molar-refractivity contribution in [3.8, 4) is 131 Å². The predicted octanol–water partition coefficient (Wildman–Crippen LogP) is -0.879. The van der Waals surface area contributed by atoms with Gasteiger partial charge in [0.2, 0.25) is 0 Å². The van der Waals surface area contributed by atoms with E-state index >= 15 is 0 Å². The van der Waals surface area contributed by atoms with Gasteiger partial charge in [-0.2, -0.15) is 0 Å². The summed E-state index contributed by atoms with van der Waals surface area (Å²) in [4.78, 5) is 23.1. The van der Waals surface area contributed by atoms with Crippen LogP contribution in [0.3, 0.4) is 0 Å². The highest BCUT2D eigenvalue weighted by atomic mass is 16.6. The van der Waals surface area contributed by atoms with Crippen LogP contribution in [0, 0.1) is 131 Å². The van der Waals surface area contributed by atoms with Crippen molar-refractivity contribution in [1.82, 2.24) is 0 Å². The molecule has 0 aromatic rings. The van der Waals surface area contributed by atoms with E-state index in [-0.39, 0.29) is 0 Å². The van der Waals surface area contributed by atoms with Crippen LogP contribution in [0.5, 0.6) is 0 Å². The monoisotopic (exact) mass is 426 g/mol. The second-order valence-electron chi connectivity index (χ2n) is 4.58. The zero-order valence-corrected chi connectivity index (χ0v) is 17.1. The number of terminal acetylenes is 1. The standard InChI is InChI=1S/C28H10O5/c1-3-5-7-9-11-13-15-17-19-21-23-28(31)33-26(24-29)25-32-27(30)22-20-18-16-14-12-10-8-6-4-2/h1,26,29H,24-25H2,2H3/t26-/m1/s1. The van der Waals surface area contributed by atoms with Gasteiger partial charge in [-0.3, -0.25) is 0 Å². The Hall–Kier alpha value is -5.94. The minimum atomic E-state index is -1.13. The van der Waals surface area contributed by atoms with E-state index in [9.17, 15) is 14.7 Å². The lowest BCUT2D eigenvalue weighted by Crippen LogP contribution is -2.27. The van der Waals surface area contributed by atoms with Crippen LogP contribution in [-0.4, -0.2) is 36.4 Å². The highest BCUT2D eigenvalue weighted by Crippen LogP contribution is 1.94. The maximum atomic E-state index is 11.6. The third kappa shape index (κ3) is 19.2. The molecule has 0 amide bonds. The zero-order valence-electron chi connectivity index (χ0n) is 17.1. The van der Waals surface area contributed by atoms with Crippen molar-refractivity contribution in [3.63, 3.8) is 0 Å². The Balaban J connectivity index is 4.56. The number of carbonyl (C=O) groups excluding carboxylic acids is 2. The molecule has 0 bridgehead atoms. The number of rotatable bonds is 4. The van der Waals surface area contributed by atoms with Gasteiger partial charge in [-0.05, 0) is 113 Å². The minimum Gasteiger partial charge on any atom is -0.452 e. The minimum absolute atomic E-state index is 0.433.